The van der Waals surface area contributed by atoms with Crippen molar-refractivity contribution in [2.45, 2.75) is 46.3 Å². The van der Waals surface area contributed by atoms with Crippen molar-refractivity contribution < 1.29 is 33.4 Å². The Morgan fingerprint density at radius 3 is 1.24 bits per heavy atom. The van der Waals surface area contributed by atoms with E-state index >= 15 is 0 Å². The normalized spacial score (nSPS) is 11.8. The maximum atomic E-state index is 13.1. The molecular weight excluding hydrogens is 742 g/mol. The Morgan fingerprint density at radius 1 is 0.565 bits per heavy atom. The van der Waals surface area contributed by atoms with Gasteiger partial charge in [-0.15, -0.1) is 0 Å². The van der Waals surface area contributed by atoms with E-state index in [1.165, 1.54) is 15.9 Å². The molecule has 3 aromatic carbocycles. The molecule has 3 aromatic rings. The second-order valence-electron chi connectivity index (χ2n) is 9.62. The summed E-state index contributed by atoms with van der Waals surface area (Å²) in [7, 11) is -2.07. The second kappa shape index (κ2) is 18.3. The van der Waals surface area contributed by atoms with E-state index < -0.39 is 51.7 Å². The molecule has 0 saturated heterocycles. The first-order chi connectivity index (χ1) is 21.9. The van der Waals surface area contributed by atoms with E-state index in [9.17, 15) is 19.2 Å². The van der Waals surface area contributed by atoms with Gasteiger partial charge in [0, 0.05) is 6.42 Å². The third-order valence-corrected chi connectivity index (χ3v) is 12.1. The number of benzene rings is 3. The Hall–Kier alpha value is -2.29. The number of carbonyl (C=O) groups is 4. The maximum absolute atomic E-state index is 13.1. The van der Waals surface area contributed by atoms with Crippen LogP contribution in [-0.2, 0) is 33.4 Å². The van der Waals surface area contributed by atoms with Crippen molar-refractivity contribution in [2.75, 3.05) is 6.16 Å². The highest BCUT2D eigenvalue weighted by atomic mass is 35.5. The van der Waals surface area contributed by atoms with Gasteiger partial charge in [0.15, 0.2) is 0 Å². The van der Waals surface area contributed by atoms with E-state index in [0.29, 0.717) is 12.8 Å². The molecule has 46 heavy (non-hydrogen) atoms. The highest BCUT2D eigenvalue weighted by molar-refractivity contribution is 7.95. The Bertz CT molecular complexity index is 1300. The van der Waals surface area contributed by atoms with Crippen LogP contribution in [-0.4, -0.2) is 50.6 Å². The van der Waals surface area contributed by atoms with E-state index in [2.05, 4.69) is 41.7 Å². The Morgan fingerprint density at radius 2 is 0.913 bits per heavy atom. The van der Waals surface area contributed by atoms with Gasteiger partial charge in [-0.1, -0.05) is 124 Å². The number of amides is 1. The molecule has 0 bridgehead atoms. The summed E-state index contributed by atoms with van der Waals surface area (Å²) in [6, 6.07) is 31.0. The molecule has 1 N–H and O–H groups in total. The molecule has 0 aliphatic carbocycles. The van der Waals surface area contributed by atoms with Crippen molar-refractivity contribution in [1.82, 2.24) is 5.32 Å². The topological polar surface area (TPSA) is 108 Å². The molecule has 15 heteroatoms. The monoisotopic (exact) mass is 768 g/mol. The summed E-state index contributed by atoms with van der Waals surface area (Å²) in [5.41, 5.74) is 0. The standard InChI is InChI=1S/C31H28Cl6NO7P/c32-25(33)28(40)43-31(44-29(41)26(34)35,45-30(42)27(36)37)38-24(39)19-11-4-12-20-46(21-13-5-1-6-14-21,22-15-7-2-8-16-22)23-17-9-3-10-18-23/h1-3,5-10,13-18,25-27H,4,11-12,19-20H2/p+1. The quantitative estimate of drug-likeness (QED) is 0.0599. The third-order valence-electron chi connectivity index (χ3n) is 6.52. The molecule has 0 fully saturated rings. The largest absolute Gasteiger partial charge is 0.526 e. The summed E-state index contributed by atoms with van der Waals surface area (Å²) < 4.78 is 14.6. The molecule has 1 amide bonds. The van der Waals surface area contributed by atoms with Gasteiger partial charge >= 0.3 is 24.0 Å². The molecule has 0 atom stereocenters. The van der Waals surface area contributed by atoms with Gasteiger partial charge < -0.3 is 14.2 Å². The van der Waals surface area contributed by atoms with E-state index in [1.807, 2.05) is 54.6 Å². The van der Waals surface area contributed by atoms with Crippen molar-refractivity contribution in [1.29, 1.82) is 0 Å². The SMILES string of the molecule is O=C(CCCCC[P+](c1ccccc1)(c1ccccc1)c1ccccc1)NC(OC(=O)C(Cl)Cl)(OC(=O)C(Cl)Cl)OC(=O)C(Cl)Cl. The van der Waals surface area contributed by atoms with Crippen molar-refractivity contribution in [3.63, 3.8) is 0 Å². The fourth-order valence-corrected chi connectivity index (χ4v) is 9.27. The number of esters is 3. The van der Waals surface area contributed by atoms with Gasteiger partial charge in [-0.2, -0.15) is 0 Å². The molecule has 0 radical (unpaired) electrons. The van der Waals surface area contributed by atoms with Crippen molar-refractivity contribution >= 4 is 117 Å². The summed E-state index contributed by atoms with van der Waals surface area (Å²) in [6.07, 6.45) is -0.853. The summed E-state index contributed by atoms with van der Waals surface area (Å²) in [5.74, 6) is -5.19. The van der Waals surface area contributed by atoms with E-state index in [1.54, 1.807) is 0 Å². The lowest BCUT2D eigenvalue weighted by atomic mass is 10.2. The minimum atomic E-state index is -3.21. The number of nitrogens with one attached hydrogen (secondary N) is 1. The molecule has 0 aromatic heterocycles. The molecule has 0 heterocycles. The fourth-order valence-electron chi connectivity index (χ4n) is 4.60. The summed E-state index contributed by atoms with van der Waals surface area (Å²) in [5, 5.41) is 5.74. The zero-order chi connectivity index (χ0) is 33.7. The van der Waals surface area contributed by atoms with Crippen LogP contribution in [0.2, 0.25) is 0 Å². The van der Waals surface area contributed by atoms with Crippen LogP contribution >= 0.6 is 76.9 Å². The number of ether oxygens (including phenoxy) is 3. The number of alkyl halides is 6. The lowest BCUT2D eigenvalue weighted by Gasteiger charge is -2.31. The molecule has 8 nitrogen and oxygen atoms in total. The first-order valence-electron chi connectivity index (χ1n) is 13.8. The number of rotatable bonds is 16. The van der Waals surface area contributed by atoms with Crippen molar-refractivity contribution in [3.8, 4) is 0 Å². The number of carbonyl (C=O) groups excluding carboxylic acids is 4. The minimum absolute atomic E-state index is 0.163. The molecular formula is C31H29Cl6NO7P+. The van der Waals surface area contributed by atoms with Crippen LogP contribution in [0.1, 0.15) is 25.7 Å². The molecule has 0 aliphatic heterocycles. The highest BCUT2D eigenvalue weighted by Crippen LogP contribution is 2.56. The van der Waals surface area contributed by atoms with Crippen molar-refractivity contribution in [2.24, 2.45) is 0 Å². The number of halogens is 6. The first kappa shape index (κ1) is 38.2. The summed E-state index contributed by atoms with van der Waals surface area (Å²) in [4.78, 5) is 44.3. The Balaban J connectivity index is 1.79. The van der Waals surface area contributed by atoms with Crippen LogP contribution in [0, 0.1) is 0 Å². The lowest BCUT2D eigenvalue weighted by molar-refractivity contribution is -0.339. The molecule has 3 rings (SSSR count). The second-order valence-corrected chi connectivity index (χ2v) is 16.5. The molecule has 0 spiro atoms. The third kappa shape index (κ3) is 10.6. The van der Waals surface area contributed by atoms with Crippen LogP contribution < -0.4 is 21.2 Å². The molecule has 0 aliphatic rings. The van der Waals surface area contributed by atoms with Crippen LogP contribution in [0.5, 0.6) is 0 Å². The zero-order valence-electron chi connectivity index (χ0n) is 24.0. The van der Waals surface area contributed by atoms with Gasteiger partial charge in [-0.3, -0.25) is 4.79 Å². The van der Waals surface area contributed by atoms with Crippen LogP contribution in [0.15, 0.2) is 91.0 Å². The zero-order valence-corrected chi connectivity index (χ0v) is 29.4. The summed E-state index contributed by atoms with van der Waals surface area (Å²) in [6.45, 7) is 0. The average molecular weight is 771 g/mol. The van der Waals surface area contributed by atoms with Gasteiger partial charge in [-0.25, -0.2) is 19.7 Å². The van der Waals surface area contributed by atoms with Gasteiger partial charge in [0.25, 0.3) is 0 Å². The van der Waals surface area contributed by atoms with E-state index in [-0.39, 0.29) is 6.42 Å². The smallest absolute Gasteiger partial charge is 0.367 e. The van der Waals surface area contributed by atoms with E-state index in [4.69, 9.17) is 83.8 Å². The predicted molar refractivity (Wildman–Crippen MR) is 184 cm³/mol. The maximum Gasteiger partial charge on any atom is 0.526 e. The molecule has 0 unspecified atom stereocenters. The Kier molecular flexibility index (Phi) is 15.2. The number of hydrogen-bond donors (Lipinski definition) is 1. The van der Waals surface area contributed by atoms with Gasteiger partial charge in [0.2, 0.25) is 20.4 Å². The Labute approximate surface area is 297 Å². The number of hydrogen-bond acceptors (Lipinski definition) is 7. The number of unbranched alkanes of at least 4 members (excludes halogenated alkanes) is 2. The van der Waals surface area contributed by atoms with E-state index in [0.717, 1.165) is 12.6 Å². The fraction of sp³-hybridized carbons (Fsp3) is 0.290. The van der Waals surface area contributed by atoms with Gasteiger partial charge in [-0.05, 0) is 55.7 Å². The van der Waals surface area contributed by atoms with Gasteiger partial charge in [0.1, 0.15) is 23.2 Å². The van der Waals surface area contributed by atoms with Gasteiger partial charge in [0.05, 0.1) is 6.16 Å². The average Bonchev–Trinajstić information content (AvgIpc) is 3.03. The minimum Gasteiger partial charge on any atom is -0.367 e. The highest BCUT2D eigenvalue weighted by Gasteiger charge is 2.49. The van der Waals surface area contributed by atoms with Crippen LogP contribution in [0.3, 0.4) is 0 Å². The molecule has 246 valence electrons. The first-order valence-corrected chi connectivity index (χ1v) is 18.4. The predicted octanol–water partition coefficient (Wildman–Crippen LogP) is 6.31. The molecule has 0 saturated carbocycles. The van der Waals surface area contributed by atoms with Crippen molar-refractivity contribution in [3.05, 3.63) is 91.0 Å². The van der Waals surface area contributed by atoms with Crippen LogP contribution in [0.4, 0.5) is 0 Å². The lowest BCUT2D eigenvalue weighted by Crippen LogP contribution is -2.59. The van der Waals surface area contributed by atoms with Crippen LogP contribution in [0.25, 0.3) is 0 Å². The summed E-state index contributed by atoms with van der Waals surface area (Å²) >= 11 is 33.3.